The van der Waals surface area contributed by atoms with Crippen LogP contribution in [0.4, 0.5) is 4.79 Å². The summed E-state index contributed by atoms with van der Waals surface area (Å²) in [4.78, 5) is 16.9. The zero-order valence-electron chi connectivity index (χ0n) is 12.3. The zero-order valence-corrected chi connectivity index (χ0v) is 12.3. The second-order valence-corrected chi connectivity index (χ2v) is 7.02. The van der Waals surface area contributed by atoms with E-state index in [4.69, 9.17) is 0 Å². The number of hydrogen-bond donors (Lipinski definition) is 0. The monoisotopic (exact) mass is 264 g/mol. The lowest BCUT2D eigenvalue weighted by atomic mass is 9.75. The summed E-state index contributed by atoms with van der Waals surface area (Å²) in [5.41, 5.74) is 0. The number of piperidine rings is 2. The fourth-order valence-electron chi connectivity index (χ4n) is 4.34. The van der Waals surface area contributed by atoms with Crippen LogP contribution in [0.1, 0.15) is 51.9 Å². The summed E-state index contributed by atoms with van der Waals surface area (Å²) in [5, 5.41) is 0. The van der Waals surface area contributed by atoms with Crippen molar-refractivity contribution in [2.45, 2.75) is 51.9 Å². The van der Waals surface area contributed by atoms with Gasteiger partial charge in [-0.15, -0.1) is 0 Å². The molecule has 3 heteroatoms. The molecule has 0 N–H and O–H groups in total. The van der Waals surface area contributed by atoms with Gasteiger partial charge in [0.15, 0.2) is 0 Å². The molecule has 0 spiro atoms. The van der Waals surface area contributed by atoms with Gasteiger partial charge >= 0.3 is 6.03 Å². The lowest BCUT2D eigenvalue weighted by molar-refractivity contribution is 0.0756. The maximum Gasteiger partial charge on any atom is 0.320 e. The third kappa shape index (κ3) is 2.90. The Morgan fingerprint density at radius 2 is 1.58 bits per heavy atom. The molecular formula is C16H28N2O. The lowest BCUT2D eigenvalue weighted by Gasteiger charge is -2.43. The molecule has 2 heterocycles. The molecule has 3 atom stereocenters. The molecule has 2 amide bonds. The van der Waals surface area contributed by atoms with Crippen LogP contribution in [0.5, 0.6) is 0 Å². The van der Waals surface area contributed by atoms with Crippen molar-refractivity contribution in [2.75, 3.05) is 26.2 Å². The Labute approximate surface area is 117 Å². The first-order valence-corrected chi connectivity index (χ1v) is 8.28. The van der Waals surface area contributed by atoms with Gasteiger partial charge in [-0.1, -0.05) is 26.2 Å². The molecule has 0 radical (unpaired) electrons. The lowest BCUT2D eigenvalue weighted by Crippen LogP contribution is -2.52. The number of urea groups is 1. The first-order chi connectivity index (χ1) is 9.24. The van der Waals surface area contributed by atoms with E-state index in [0.29, 0.717) is 11.9 Å². The van der Waals surface area contributed by atoms with E-state index >= 15 is 0 Å². The van der Waals surface area contributed by atoms with Crippen LogP contribution in [0, 0.1) is 17.8 Å². The van der Waals surface area contributed by atoms with Gasteiger partial charge in [-0.05, 0) is 43.4 Å². The van der Waals surface area contributed by atoms with Gasteiger partial charge < -0.3 is 9.80 Å². The van der Waals surface area contributed by atoms with Crippen LogP contribution in [0.15, 0.2) is 0 Å². The van der Waals surface area contributed by atoms with E-state index in [1.807, 2.05) is 0 Å². The third-order valence-corrected chi connectivity index (χ3v) is 5.49. The van der Waals surface area contributed by atoms with Crippen LogP contribution in [0.3, 0.4) is 0 Å². The van der Waals surface area contributed by atoms with Gasteiger partial charge in [0, 0.05) is 26.2 Å². The Balaban J connectivity index is 1.58. The fourth-order valence-corrected chi connectivity index (χ4v) is 4.34. The highest BCUT2D eigenvalue weighted by atomic mass is 16.2. The number of nitrogens with zero attached hydrogens (tertiary/aromatic N) is 2. The molecule has 19 heavy (non-hydrogen) atoms. The molecule has 3 fully saturated rings. The summed E-state index contributed by atoms with van der Waals surface area (Å²) in [7, 11) is 0. The van der Waals surface area contributed by atoms with Crippen molar-refractivity contribution < 1.29 is 4.79 Å². The fraction of sp³-hybridized carbons (Fsp3) is 0.938. The number of hydrogen-bond acceptors (Lipinski definition) is 1. The van der Waals surface area contributed by atoms with Crippen LogP contribution in [0.25, 0.3) is 0 Å². The minimum absolute atomic E-state index is 0.329. The number of likely N-dealkylation sites (tertiary alicyclic amines) is 2. The number of rotatable bonds is 0. The average molecular weight is 264 g/mol. The first-order valence-electron chi connectivity index (χ1n) is 8.28. The average Bonchev–Trinajstić information content (AvgIpc) is 2.46. The van der Waals surface area contributed by atoms with Crippen LogP contribution >= 0.6 is 0 Å². The molecule has 0 aromatic rings. The third-order valence-electron chi connectivity index (χ3n) is 5.49. The topological polar surface area (TPSA) is 23.6 Å². The molecule has 108 valence electrons. The van der Waals surface area contributed by atoms with E-state index in [1.54, 1.807) is 0 Å². The van der Waals surface area contributed by atoms with Gasteiger partial charge in [-0.2, -0.15) is 0 Å². The predicted octanol–water partition coefficient (Wildman–Crippen LogP) is 3.35. The zero-order chi connectivity index (χ0) is 13.2. The highest BCUT2D eigenvalue weighted by molar-refractivity contribution is 5.74. The minimum Gasteiger partial charge on any atom is -0.324 e. The highest BCUT2D eigenvalue weighted by Crippen LogP contribution is 2.36. The van der Waals surface area contributed by atoms with Gasteiger partial charge in [0.1, 0.15) is 0 Å². The molecule has 0 bridgehead atoms. The molecule has 3 unspecified atom stereocenters. The standard InChI is InChI=1S/C16H28N2O/c1-13-5-4-9-17(11-13)16(19)18-10-8-14-6-2-3-7-15(14)12-18/h13-15H,2-12H2,1H3. The largest absolute Gasteiger partial charge is 0.324 e. The van der Waals surface area contributed by atoms with Crippen molar-refractivity contribution in [2.24, 2.45) is 17.8 Å². The number of carbonyl (C=O) groups is 1. The molecule has 3 nitrogen and oxygen atoms in total. The van der Waals surface area contributed by atoms with Crippen LogP contribution in [-0.4, -0.2) is 42.0 Å². The molecular weight excluding hydrogens is 236 g/mol. The predicted molar refractivity (Wildman–Crippen MR) is 77.0 cm³/mol. The van der Waals surface area contributed by atoms with Crippen molar-refractivity contribution in [1.82, 2.24) is 9.80 Å². The van der Waals surface area contributed by atoms with Gasteiger partial charge in [0.05, 0.1) is 0 Å². The summed E-state index contributed by atoms with van der Waals surface area (Å²) in [6.07, 6.45) is 9.28. The van der Waals surface area contributed by atoms with E-state index < -0.39 is 0 Å². The van der Waals surface area contributed by atoms with Crippen molar-refractivity contribution in [3.63, 3.8) is 0 Å². The summed E-state index contributed by atoms with van der Waals surface area (Å²) < 4.78 is 0. The van der Waals surface area contributed by atoms with E-state index in [1.165, 1.54) is 44.9 Å². The Kier molecular flexibility index (Phi) is 3.99. The molecule has 0 aromatic carbocycles. The molecule has 3 rings (SSSR count). The smallest absolute Gasteiger partial charge is 0.320 e. The van der Waals surface area contributed by atoms with E-state index in [-0.39, 0.29) is 0 Å². The second-order valence-electron chi connectivity index (χ2n) is 7.02. The number of amides is 2. The van der Waals surface area contributed by atoms with E-state index in [2.05, 4.69) is 16.7 Å². The maximum absolute atomic E-state index is 12.6. The molecule has 1 aliphatic carbocycles. The molecule has 2 saturated heterocycles. The van der Waals surface area contributed by atoms with Crippen LogP contribution in [0.2, 0.25) is 0 Å². The highest BCUT2D eigenvalue weighted by Gasteiger charge is 2.35. The SMILES string of the molecule is CC1CCCN(C(=O)N2CCC3CCCCC3C2)C1. The van der Waals surface area contributed by atoms with Gasteiger partial charge in [-0.3, -0.25) is 0 Å². The number of carbonyl (C=O) groups excluding carboxylic acids is 1. The van der Waals surface area contributed by atoms with Gasteiger partial charge in [0.2, 0.25) is 0 Å². The molecule has 0 aromatic heterocycles. The van der Waals surface area contributed by atoms with Gasteiger partial charge in [0.25, 0.3) is 0 Å². The Bertz CT molecular complexity index is 331. The molecule has 2 aliphatic heterocycles. The molecule has 1 saturated carbocycles. The van der Waals surface area contributed by atoms with E-state index in [0.717, 1.165) is 38.0 Å². The molecule has 3 aliphatic rings. The van der Waals surface area contributed by atoms with Crippen molar-refractivity contribution >= 4 is 6.03 Å². The second kappa shape index (κ2) is 5.72. The van der Waals surface area contributed by atoms with Crippen LogP contribution < -0.4 is 0 Å². The Hall–Kier alpha value is -0.730. The Morgan fingerprint density at radius 3 is 2.37 bits per heavy atom. The minimum atomic E-state index is 0.329. The van der Waals surface area contributed by atoms with Crippen molar-refractivity contribution in [3.8, 4) is 0 Å². The maximum atomic E-state index is 12.6. The number of fused-ring (bicyclic) bond motifs is 1. The van der Waals surface area contributed by atoms with Crippen LogP contribution in [-0.2, 0) is 0 Å². The van der Waals surface area contributed by atoms with Crippen molar-refractivity contribution in [1.29, 1.82) is 0 Å². The first kappa shape index (κ1) is 13.3. The summed E-state index contributed by atoms with van der Waals surface area (Å²) >= 11 is 0. The van der Waals surface area contributed by atoms with Crippen molar-refractivity contribution in [3.05, 3.63) is 0 Å². The summed E-state index contributed by atoms with van der Waals surface area (Å²) in [6.45, 7) is 6.27. The van der Waals surface area contributed by atoms with E-state index in [9.17, 15) is 4.79 Å². The quantitative estimate of drug-likeness (QED) is 0.658. The van der Waals surface area contributed by atoms with Gasteiger partial charge in [-0.25, -0.2) is 4.79 Å². The summed E-state index contributed by atoms with van der Waals surface area (Å²) in [6, 6.07) is 0.329. The Morgan fingerprint density at radius 1 is 0.842 bits per heavy atom. The summed E-state index contributed by atoms with van der Waals surface area (Å²) in [5.74, 6) is 2.40. The normalized spacial score (nSPS) is 35.9.